The van der Waals surface area contributed by atoms with Gasteiger partial charge in [-0.1, -0.05) is 18.2 Å². The molecule has 8 nitrogen and oxygen atoms in total. The number of anilines is 1. The van der Waals surface area contributed by atoms with E-state index < -0.39 is 18.5 Å². The lowest BCUT2D eigenvalue weighted by Gasteiger charge is -2.10. The highest BCUT2D eigenvalue weighted by Crippen LogP contribution is 2.36. The van der Waals surface area contributed by atoms with E-state index in [9.17, 15) is 9.59 Å². The molecule has 0 aliphatic rings. The van der Waals surface area contributed by atoms with Gasteiger partial charge in [0.25, 0.3) is 5.91 Å². The largest absolute Gasteiger partial charge is 0.495 e. The molecule has 0 unspecified atom stereocenters. The van der Waals surface area contributed by atoms with Gasteiger partial charge in [0.05, 0.1) is 19.4 Å². The monoisotopic (exact) mass is 426 g/mol. The van der Waals surface area contributed by atoms with Crippen LogP contribution in [-0.4, -0.2) is 37.7 Å². The van der Waals surface area contributed by atoms with Gasteiger partial charge in [-0.2, -0.15) is 0 Å². The summed E-state index contributed by atoms with van der Waals surface area (Å²) in [6.45, 7) is -0.153. The van der Waals surface area contributed by atoms with E-state index >= 15 is 0 Å². The molecule has 1 amide bonds. The molecule has 2 aromatic carbocycles. The van der Waals surface area contributed by atoms with Gasteiger partial charge in [0.1, 0.15) is 21.9 Å². The summed E-state index contributed by atoms with van der Waals surface area (Å²) in [6.07, 6.45) is 0. The first-order chi connectivity index (χ1) is 14.6. The second kappa shape index (κ2) is 8.52. The van der Waals surface area contributed by atoms with Crippen molar-refractivity contribution < 1.29 is 28.2 Å². The van der Waals surface area contributed by atoms with Crippen LogP contribution in [-0.2, 0) is 20.9 Å². The molecule has 30 heavy (non-hydrogen) atoms. The number of nitrogens with one attached hydrogen (secondary N) is 1. The maximum atomic E-state index is 12.3. The van der Waals surface area contributed by atoms with Gasteiger partial charge in [-0.15, -0.1) is 11.3 Å². The van der Waals surface area contributed by atoms with Gasteiger partial charge in [-0.25, -0.2) is 9.78 Å². The molecule has 9 heteroatoms. The fourth-order valence-corrected chi connectivity index (χ4v) is 3.74. The number of ether oxygens (including phenoxy) is 3. The van der Waals surface area contributed by atoms with Gasteiger partial charge >= 0.3 is 5.97 Å². The highest BCUT2D eigenvalue weighted by molar-refractivity contribution is 7.09. The lowest BCUT2D eigenvalue weighted by Crippen LogP contribution is -2.21. The molecule has 2 heterocycles. The molecular weight excluding hydrogens is 408 g/mol. The van der Waals surface area contributed by atoms with Crippen molar-refractivity contribution in [2.45, 2.75) is 6.61 Å². The Kier molecular flexibility index (Phi) is 5.64. The number of para-hydroxylation sites is 1. The number of nitrogens with zero attached hydrogens (tertiary/aromatic N) is 1. The maximum absolute atomic E-state index is 12.3. The number of carbonyl (C=O) groups is 2. The van der Waals surface area contributed by atoms with E-state index in [0.29, 0.717) is 28.6 Å². The van der Waals surface area contributed by atoms with Crippen LogP contribution >= 0.6 is 11.3 Å². The van der Waals surface area contributed by atoms with Crippen LogP contribution in [0, 0.1) is 0 Å². The average Bonchev–Trinajstić information content (AvgIpc) is 3.36. The Hall–Kier alpha value is -3.43. The van der Waals surface area contributed by atoms with Crippen molar-refractivity contribution in [2.75, 3.05) is 26.1 Å². The van der Waals surface area contributed by atoms with Crippen LogP contribution in [0.1, 0.15) is 15.5 Å². The fraction of sp³-hybridized carbons (Fsp3) is 0.190. The van der Waals surface area contributed by atoms with Gasteiger partial charge in [0.15, 0.2) is 12.3 Å². The molecule has 0 aliphatic carbocycles. The van der Waals surface area contributed by atoms with E-state index in [1.165, 1.54) is 18.4 Å². The van der Waals surface area contributed by atoms with Crippen molar-refractivity contribution in [3.05, 3.63) is 52.5 Å². The normalized spacial score (nSPS) is 11.0. The molecule has 0 radical (unpaired) electrons. The highest BCUT2D eigenvalue weighted by atomic mass is 32.1. The second-order valence-corrected chi connectivity index (χ2v) is 7.27. The molecule has 2 aromatic heterocycles. The molecule has 0 saturated carbocycles. The standard InChI is InChI=1S/C21H18N2O6S/c1-26-10-20-23-15(11-30-20)21(25)28-9-19(24)22-14-8-17-13(7-18(14)27-2)12-5-3-4-6-16(12)29-17/h3-8,11H,9-10H2,1-2H3,(H,22,24). The van der Waals surface area contributed by atoms with E-state index in [1.54, 1.807) is 24.6 Å². The van der Waals surface area contributed by atoms with Crippen molar-refractivity contribution in [2.24, 2.45) is 0 Å². The number of hydrogen-bond donors (Lipinski definition) is 1. The summed E-state index contributed by atoms with van der Waals surface area (Å²) in [5.41, 5.74) is 1.91. The number of hydrogen-bond acceptors (Lipinski definition) is 8. The molecule has 0 bridgehead atoms. The van der Waals surface area contributed by atoms with Gasteiger partial charge < -0.3 is 23.9 Å². The van der Waals surface area contributed by atoms with Crippen LogP contribution in [0.25, 0.3) is 21.9 Å². The first-order valence-corrected chi connectivity index (χ1v) is 9.86. The Morgan fingerprint density at radius 3 is 2.77 bits per heavy atom. The zero-order valence-electron chi connectivity index (χ0n) is 16.3. The number of furan rings is 1. The third kappa shape index (κ3) is 3.98. The first kappa shape index (κ1) is 19.9. The number of benzene rings is 2. The van der Waals surface area contributed by atoms with Crippen LogP contribution < -0.4 is 10.1 Å². The Morgan fingerprint density at radius 2 is 1.97 bits per heavy atom. The summed E-state index contributed by atoms with van der Waals surface area (Å²) < 4.78 is 21.3. The van der Waals surface area contributed by atoms with Crippen molar-refractivity contribution in [3.8, 4) is 5.75 Å². The van der Waals surface area contributed by atoms with Crippen molar-refractivity contribution in [1.29, 1.82) is 0 Å². The van der Waals surface area contributed by atoms with Gasteiger partial charge in [-0.3, -0.25) is 4.79 Å². The quantitative estimate of drug-likeness (QED) is 0.446. The van der Waals surface area contributed by atoms with E-state index in [-0.39, 0.29) is 5.69 Å². The molecule has 0 aliphatic heterocycles. The number of fused-ring (bicyclic) bond motifs is 3. The maximum Gasteiger partial charge on any atom is 0.358 e. The SMILES string of the molecule is COCc1nc(C(=O)OCC(=O)Nc2cc3oc4ccccc4c3cc2OC)cs1. The number of amides is 1. The predicted molar refractivity (Wildman–Crippen MR) is 112 cm³/mol. The minimum atomic E-state index is -0.677. The zero-order valence-corrected chi connectivity index (χ0v) is 17.1. The Bertz CT molecular complexity index is 1230. The van der Waals surface area contributed by atoms with Gasteiger partial charge in [-0.05, 0) is 12.1 Å². The Morgan fingerprint density at radius 1 is 1.13 bits per heavy atom. The molecule has 0 saturated heterocycles. The molecule has 0 atom stereocenters. The number of esters is 1. The first-order valence-electron chi connectivity index (χ1n) is 8.98. The van der Waals surface area contributed by atoms with Crippen LogP contribution in [0.4, 0.5) is 5.69 Å². The van der Waals surface area contributed by atoms with Gasteiger partial charge in [0.2, 0.25) is 0 Å². The van der Waals surface area contributed by atoms with Crippen LogP contribution in [0.15, 0.2) is 46.2 Å². The number of aromatic nitrogens is 1. The zero-order chi connectivity index (χ0) is 21.1. The number of methoxy groups -OCH3 is 2. The average molecular weight is 426 g/mol. The summed E-state index contributed by atoms with van der Waals surface area (Å²) in [7, 11) is 3.06. The highest BCUT2D eigenvalue weighted by Gasteiger charge is 2.17. The van der Waals surface area contributed by atoms with E-state index in [2.05, 4.69) is 10.3 Å². The number of thiazole rings is 1. The smallest absolute Gasteiger partial charge is 0.358 e. The van der Waals surface area contributed by atoms with Crippen molar-refractivity contribution in [3.63, 3.8) is 0 Å². The Balaban J connectivity index is 1.46. The topological polar surface area (TPSA) is 99.9 Å². The molecule has 1 N–H and O–H groups in total. The minimum absolute atomic E-state index is 0.140. The molecule has 4 aromatic rings. The summed E-state index contributed by atoms with van der Waals surface area (Å²) in [4.78, 5) is 28.5. The summed E-state index contributed by atoms with van der Waals surface area (Å²) in [5.74, 6) is -0.717. The van der Waals surface area contributed by atoms with E-state index in [0.717, 1.165) is 16.4 Å². The van der Waals surface area contributed by atoms with Crippen LogP contribution in [0.3, 0.4) is 0 Å². The lowest BCUT2D eigenvalue weighted by atomic mass is 10.1. The van der Waals surface area contributed by atoms with Gasteiger partial charge in [0, 0.05) is 29.3 Å². The third-order valence-corrected chi connectivity index (χ3v) is 5.16. The Labute approximate surface area is 175 Å². The summed E-state index contributed by atoms with van der Waals surface area (Å²) in [6, 6.07) is 11.1. The lowest BCUT2D eigenvalue weighted by molar-refractivity contribution is -0.119. The van der Waals surface area contributed by atoms with Crippen molar-refractivity contribution >= 4 is 50.8 Å². The summed E-state index contributed by atoms with van der Waals surface area (Å²) >= 11 is 1.28. The number of rotatable bonds is 7. The van der Waals surface area contributed by atoms with E-state index in [4.69, 9.17) is 18.6 Å². The van der Waals surface area contributed by atoms with E-state index in [1.807, 2.05) is 24.3 Å². The summed E-state index contributed by atoms with van der Waals surface area (Å²) in [5, 5.41) is 6.73. The molecule has 4 rings (SSSR count). The third-order valence-electron chi connectivity index (χ3n) is 4.34. The van der Waals surface area contributed by atoms with Crippen LogP contribution in [0.2, 0.25) is 0 Å². The number of carbonyl (C=O) groups excluding carboxylic acids is 2. The molecule has 0 fully saturated rings. The van der Waals surface area contributed by atoms with Crippen LogP contribution in [0.5, 0.6) is 5.75 Å². The molecule has 154 valence electrons. The fourth-order valence-electron chi connectivity index (χ4n) is 3.00. The molecule has 0 spiro atoms. The second-order valence-electron chi connectivity index (χ2n) is 6.33. The molecular formula is C21H18N2O6S. The minimum Gasteiger partial charge on any atom is -0.495 e. The predicted octanol–water partition coefficient (Wildman–Crippen LogP) is 3.99. The van der Waals surface area contributed by atoms with Crippen molar-refractivity contribution in [1.82, 2.24) is 4.98 Å².